The second-order valence-corrected chi connectivity index (χ2v) is 8.51. The molecule has 37 heavy (non-hydrogen) atoms. The number of nitrogens with zero attached hydrogens (tertiary/aromatic N) is 1. The van der Waals surface area contributed by atoms with Crippen molar-refractivity contribution in [1.82, 2.24) is 10.3 Å². The van der Waals surface area contributed by atoms with Crippen LogP contribution in [0.2, 0.25) is 0 Å². The molecule has 0 spiro atoms. The van der Waals surface area contributed by atoms with Crippen LogP contribution in [-0.4, -0.2) is 27.6 Å². The van der Waals surface area contributed by atoms with Crippen LogP contribution in [0.25, 0.3) is 10.9 Å². The Kier molecular flexibility index (Phi) is 6.50. The molecular weight excluding hydrogens is 464 g/mol. The molecule has 1 heterocycles. The zero-order chi connectivity index (χ0) is 25.8. The molecule has 0 fully saturated rings. The number of hydrogen-bond donors (Lipinski definition) is 4. The van der Waals surface area contributed by atoms with Gasteiger partial charge in [-0.05, 0) is 42.0 Å². The predicted molar refractivity (Wildman–Crippen MR) is 144 cm³/mol. The first-order valence-corrected chi connectivity index (χ1v) is 11.7. The van der Waals surface area contributed by atoms with Gasteiger partial charge in [0.05, 0.1) is 17.0 Å². The van der Waals surface area contributed by atoms with Gasteiger partial charge in [0.2, 0.25) is 5.91 Å². The minimum atomic E-state index is -0.553. The molecule has 0 saturated heterocycles. The van der Waals surface area contributed by atoms with Gasteiger partial charge >= 0.3 is 0 Å². The molecule has 7 nitrogen and oxygen atoms in total. The van der Waals surface area contributed by atoms with Crippen LogP contribution in [0.1, 0.15) is 37.4 Å². The number of H-pyrrole nitrogens is 1. The average molecular weight is 489 g/mol. The SMILES string of the molecule is NC(=O)c1ccc2c(C(=Nc3ccc(C(=O)NCc4ccccc4)cc3)c3ccccc3)c(O)[nH]c2c1. The maximum absolute atomic E-state index is 12.6. The van der Waals surface area contributed by atoms with E-state index in [1.54, 1.807) is 42.5 Å². The number of primary amides is 1. The lowest BCUT2D eigenvalue weighted by atomic mass is 10.00. The topological polar surface area (TPSA) is 121 Å². The second kappa shape index (κ2) is 10.2. The van der Waals surface area contributed by atoms with Gasteiger partial charge in [-0.2, -0.15) is 0 Å². The van der Waals surface area contributed by atoms with Crippen LogP contribution in [0.5, 0.6) is 5.88 Å². The number of amides is 2. The molecule has 0 aliphatic rings. The third-order valence-corrected chi connectivity index (χ3v) is 6.01. The minimum Gasteiger partial charge on any atom is -0.494 e. The van der Waals surface area contributed by atoms with E-state index in [1.165, 1.54) is 0 Å². The van der Waals surface area contributed by atoms with Crippen LogP contribution in [-0.2, 0) is 6.54 Å². The maximum atomic E-state index is 12.6. The van der Waals surface area contributed by atoms with Crippen molar-refractivity contribution in [3.8, 4) is 5.88 Å². The van der Waals surface area contributed by atoms with Gasteiger partial charge in [0, 0.05) is 34.1 Å². The number of rotatable bonds is 7. The summed E-state index contributed by atoms with van der Waals surface area (Å²) in [7, 11) is 0. The number of nitrogens with two attached hydrogens (primary N) is 1. The molecule has 0 saturated carbocycles. The van der Waals surface area contributed by atoms with Crippen LogP contribution in [0, 0.1) is 0 Å². The van der Waals surface area contributed by atoms with E-state index in [4.69, 9.17) is 10.7 Å². The zero-order valence-corrected chi connectivity index (χ0v) is 19.8. The fourth-order valence-electron chi connectivity index (χ4n) is 4.13. The number of carbonyl (C=O) groups excluding carboxylic acids is 2. The van der Waals surface area contributed by atoms with Gasteiger partial charge in [-0.25, -0.2) is 4.99 Å². The van der Waals surface area contributed by atoms with Gasteiger partial charge < -0.3 is 21.1 Å². The van der Waals surface area contributed by atoms with Crippen molar-refractivity contribution in [3.63, 3.8) is 0 Å². The summed E-state index contributed by atoms with van der Waals surface area (Å²) in [5.74, 6) is -0.805. The fraction of sp³-hybridized carbons (Fsp3) is 0.0333. The van der Waals surface area contributed by atoms with Gasteiger partial charge in [-0.15, -0.1) is 0 Å². The molecule has 5 rings (SSSR count). The maximum Gasteiger partial charge on any atom is 0.251 e. The predicted octanol–water partition coefficient (Wildman–Crippen LogP) is 5.07. The van der Waals surface area contributed by atoms with Gasteiger partial charge in [-0.1, -0.05) is 66.7 Å². The summed E-state index contributed by atoms with van der Waals surface area (Å²) in [6, 6.07) is 31.1. The largest absolute Gasteiger partial charge is 0.494 e. The van der Waals surface area contributed by atoms with E-state index in [1.807, 2.05) is 60.7 Å². The molecule has 5 aromatic rings. The number of benzene rings is 4. The second-order valence-electron chi connectivity index (χ2n) is 8.51. The lowest BCUT2D eigenvalue weighted by molar-refractivity contribution is 0.0949. The third kappa shape index (κ3) is 5.11. The highest BCUT2D eigenvalue weighted by Crippen LogP contribution is 2.32. The van der Waals surface area contributed by atoms with Crippen LogP contribution >= 0.6 is 0 Å². The van der Waals surface area contributed by atoms with E-state index in [9.17, 15) is 14.7 Å². The molecule has 0 atom stereocenters. The molecular formula is C30H24N4O3. The molecule has 0 aliphatic carbocycles. The van der Waals surface area contributed by atoms with E-state index in [0.717, 1.165) is 11.1 Å². The average Bonchev–Trinajstić information content (AvgIpc) is 3.26. The van der Waals surface area contributed by atoms with Gasteiger partial charge in [-0.3, -0.25) is 9.59 Å². The molecule has 5 N–H and O–H groups in total. The van der Waals surface area contributed by atoms with E-state index < -0.39 is 5.91 Å². The number of aromatic nitrogens is 1. The zero-order valence-electron chi connectivity index (χ0n) is 19.8. The molecule has 2 amide bonds. The Balaban J connectivity index is 1.49. The molecule has 4 aromatic carbocycles. The lowest BCUT2D eigenvalue weighted by Gasteiger charge is -2.09. The number of hydrogen-bond acceptors (Lipinski definition) is 4. The Morgan fingerprint density at radius 2 is 1.46 bits per heavy atom. The molecule has 7 heteroatoms. The lowest BCUT2D eigenvalue weighted by Crippen LogP contribution is -2.22. The first-order valence-electron chi connectivity index (χ1n) is 11.7. The summed E-state index contributed by atoms with van der Waals surface area (Å²) in [6.45, 7) is 0.440. The fourth-order valence-corrected chi connectivity index (χ4v) is 4.13. The highest BCUT2D eigenvalue weighted by atomic mass is 16.3. The smallest absolute Gasteiger partial charge is 0.251 e. The third-order valence-electron chi connectivity index (χ3n) is 6.01. The number of aromatic amines is 1. The van der Waals surface area contributed by atoms with E-state index in [2.05, 4.69) is 10.3 Å². The van der Waals surface area contributed by atoms with Crippen molar-refractivity contribution in [2.75, 3.05) is 0 Å². The summed E-state index contributed by atoms with van der Waals surface area (Å²) in [4.78, 5) is 32.0. The summed E-state index contributed by atoms with van der Waals surface area (Å²) >= 11 is 0. The molecule has 0 bridgehead atoms. The van der Waals surface area contributed by atoms with Crippen molar-refractivity contribution in [2.45, 2.75) is 6.54 Å². The first kappa shape index (κ1) is 23.6. The Hall–Kier alpha value is -5.17. The van der Waals surface area contributed by atoms with Gasteiger partial charge in [0.1, 0.15) is 0 Å². The molecule has 0 unspecified atom stereocenters. The van der Waals surface area contributed by atoms with Crippen LogP contribution in [0.3, 0.4) is 0 Å². The van der Waals surface area contributed by atoms with Crippen LogP contribution in [0.15, 0.2) is 108 Å². The van der Waals surface area contributed by atoms with Crippen molar-refractivity contribution >= 4 is 34.1 Å². The Morgan fingerprint density at radius 1 is 0.811 bits per heavy atom. The molecule has 1 aromatic heterocycles. The highest BCUT2D eigenvalue weighted by molar-refractivity contribution is 6.22. The van der Waals surface area contributed by atoms with Crippen molar-refractivity contribution in [1.29, 1.82) is 0 Å². The molecule has 0 radical (unpaired) electrons. The number of aliphatic imine (C=N–C) groups is 1. The number of nitrogens with one attached hydrogen (secondary N) is 2. The number of fused-ring (bicyclic) bond motifs is 1. The summed E-state index contributed by atoms with van der Waals surface area (Å²) in [5, 5.41) is 14.5. The van der Waals surface area contributed by atoms with Crippen LogP contribution < -0.4 is 11.1 Å². The van der Waals surface area contributed by atoms with E-state index in [-0.39, 0.29) is 11.8 Å². The standard InChI is InChI=1S/C30H24N4O3/c31-28(35)22-13-16-24-25(17-22)34-30(37)26(24)27(20-9-5-2-6-10-20)33-23-14-11-21(12-15-23)29(36)32-18-19-7-3-1-4-8-19/h1-17,34,37H,18H2,(H2,31,35)(H,32,36). The van der Waals surface area contributed by atoms with Crippen molar-refractivity contribution in [3.05, 3.63) is 131 Å². The highest BCUT2D eigenvalue weighted by Gasteiger charge is 2.19. The summed E-state index contributed by atoms with van der Waals surface area (Å²) in [5.41, 5.74) is 10.3. The van der Waals surface area contributed by atoms with Crippen molar-refractivity contribution < 1.29 is 14.7 Å². The molecule has 182 valence electrons. The minimum absolute atomic E-state index is 0.0730. The molecule has 0 aliphatic heterocycles. The Labute approximate surface area is 213 Å². The van der Waals surface area contributed by atoms with Crippen molar-refractivity contribution in [2.24, 2.45) is 10.7 Å². The first-order chi connectivity index (χ1) is 18.0. The number of carbonyl (C=O) groups is 2. The Bertz CT molecular complexity index is 1610. The van der Waals surface area contributed by atoms with E-state index >= 15 is 0 Å². The van der Waals surface area contributed by atoms with Gasteiger partial charge in [0.25, 0.3) is 5.91 Å². The van der Waals surface area contributed by atoms with Crippen LogP contribution in [0.4, 0.5) is 5.69 Å². The quantitative estimate of drug-likeness (QED) is 0.239. The Morgan fingerprint density at radius 3 is 2.14 bits per heavy atom. The summed E-state index contributed by atoms with van der Waals surface area (Å²) < 4.78 is 0. The van der Waals surface area contributed by atoms with E-state index in [0.29, 0.717) is 45.5 Å². The monoisotopic (exact) mass is 488 g/mol. The summed E-state index contributed by atoms with van der Waals surface area (Å²) in [6.07, 6.45) is 0. The number of aromatic hydroxyl groups is 1. The normalized spacial score (nSPS) is 11.4. The van der Waals surface area contributed by atoms with Gasteiger partial charge in [0.15, 0.2) is 5.88 Å².